The molecule has 0 amide bonds. The highest BCUT2D eigenvalue weighted by Gasteiger charge is 2.01. The van der Waals surface area contributed by atoms with E-state index in [1.165, 1.54) is 5.56 Å². The van der Waals surface area contributed by atoms with Gasteiger partial charge in [0, 0.05) is 0 Å². The fourth-order valence-corrected chi connectivity index (χ4v) is 1.83. The van der Waals surface area contributed by atoms with Crippen LogP contribution in [0.2, 0.25) is 0 Å². The van der Waals surface area contributed by atoms with Crippen molar-refractivity contribution >= 4 is 0 Å². The lowest BCUT2D eigenvalue weighted by atomic mass is 9.98. The standard InChI is InChI=1S/C16H15N/c1-12(2)14-6-8-15(9-7-14)16-5-3-4-13(10-16)11-17/h3-10,12H,1-2H3. The summed E-state index contributed by atoms with van der Waals surface area (Å²) < 4.78 is 0. The van der Waals surface area contributed by atoms with Gasteiger partial charge >= 0.3 is 0 Å². The molecule has 0 aromatic heterocycles. The molecule has 0 bridgehead atoms. The molecule has 0 N–H and O–H groups in total. The van der Waals surface area contributed by atoms with Crippen molar-refractivity contribution in [2.24, 2.45) is 0 Å². The average Bonchev–Trinajstić information content (AvgIpc) is 2.39. The summed E-state index contributed by atoms with van der Waals surface area (Å²) in [6, 6.07) is 18.4. The van der Waals surface area contributed by atoms with E-state index in [1.54, 1.807) is 0 Å². The molecule has 1 nitrogen and oxygen atoms in total. The zero-order valence-corrected chi connectivity index (χ0v) is 10.1. The summed E-state index contributed by atoms with van der Waals surface area (Å²) in [5.74, 6) is 0.550. The van der Waals surface area contributed by atoms with Gasteiger partial charge in [0.05, 0.1) is 11.6 Å². The Morgan fingerprint density at radius 1 is 0.941 bits per heavy atom. The SMILES string of the molecule is CC(C)c1ccc(-c2cccc(C#N)c2)cc1. The highest BCUT2D eigenvalue weighted by Crippen LogP contribution is 2.23. The molecule has 0 fully saturated rings. The molecular formula is C16H15N. The van der Waals surface area contributed by atoms with Crippen LogP contribution in [0.4, 0.5) is 0 Å². The second-order valence-corrected chi connectivity index (χ2v) is 4.47. The van der Waals surface area contributed by atoms with Crippen LogP contribution in [0.15, 0.2) is 48.5 Å². The molecule has 0 aliphatic carbocycles. The maximum absolute atomic E-state index is 8.88. The zero-order chi connectivity index (χ0) is 12.3. The Bertz CT molecular complexity index is 544. The Labute approximate surface area is 102 Å². The number of benzene rings is 2. The van der Waals surface area contributed by atoms with E-state index in [1.807, 2.05) is 24.3 Å². The topological polar surface area (TPSA) is 23.8 Å². The van der Waals surface area contributed by atoms with Gasteiger partial charge in [0.25, 0.3) is 0 Å². The number of hydrogen-bond donors (Lipinski definition) is 0. The monoisotopic (exact) mass is 221 g/mol. The molecule has 1 heteroatoms. The van der Waals surface area contributed by atoms with Crippen LogP contribution in [0.1, 0.15) is 30.9 Å². The smallest absolute Gasteiger partial charge is 0.0991 e. The maximum atomic E-state index is 8.88. The lowest BCUT2D eigenvalue weighted by Crippen LogP contribution is -1.87. The number of nitrogens with zero attached hydrogens (tertiary/aromatic N) is 1. The van der Waals surface area contributed by atoms with E-state index >= 15 is 0 Å². The normalized spacial score (nSPS) is 10.2. The first-order valence-corrected chi connectivity index (χ1v) is 5.81. The maximum Gasteiger partial charge on any atom is 0.0991 e. The van der Waals surface area contributed by atoms with E-state index in [0.29, 0.717) is 11.5 Å². The molecule has 2 aromatic rings. The van der Waals surface area contributed by atoms with E-state index in [9.17, 15) is 0 Å². The van der Waals surface area contributed by atoms with Crippen molar-refractivity contribution in [3.63, 3.8) is 0 Å². The van der Waals surface area contributed by atoms with Crippen molar-refractivity contribution in [2.45, 2.75) is 19.8 Å². The number of rotatable bonds is 2. The minimum absolute atomic E-state index is 0.550. The highest BCUT2D eigenvalue weighted by atomic mass is 14.2. The first kappa shape index (κ1) is 11.4. The molecular weight excluding hydrogens is 206 g/mol. The molecule has 0 aliphatic heterocycles. The van der Waals surface area contributed by atoms with Crippen LogP contribution < -0.4 is 0 Å². The Morgan fingerprint density at radius 2 is 1.65 bits per heavy atom. The Morgan fingerprint density at radius 3 is 2.24 bits per heavy atom. The average molecular weight is 221 g/mol. The Kier molecular flexibility index (Phi) is 3.25. The summed E-state index contributed by atoms with van der Waals surface area (Å²) in [7, 11) is 0. The predicted molar refractivity (Wildman–Crippen MR) is 70.7 cm³/mol. The quantitative estimate of drug-likeness (QED) is 0.739. The third-order valence-electron chi connectivity index (χ3n) is 2.90. The summed E-state index contributed by atoms with van der Waals surface area (Å²) in [5, 5.41) is 8.88. The molecule has 84 valence electrons. The van der Waals surface area contributed by atoms with Crippen molar-refractivity contribution in [3.05, 3.63) is 59.7 Å². The molecule has 0 saturated carbocycles. The van der Waals surface area contributed by atoms with Gasteiger partial charge in [-0.2, -0.15) is 5.26 Å². The first-order valence-electron chi connectivity index (χ1n) is 5.81. The fourth-order valence-electron chi connectivity index (χ4n) is 1.83. The second kappa shape index (κ2) is 4.84. The van der Waals surface area contributed by atoms with Crippen molar-refractivity contribution in [3.8, 4) is 17.2 Å². The van der Waals surface area contributed by atoms with Crippen LogP contribution in [-0.2, 0) is 0 Å². The molecule has 2 aromatic carbocycles. The van der Waals surface area contributed by atoms with E-state index in [0.717, 1.165) is 11.1 Å². The van der Waals surface area contributed by atoms with Gasteiger partial charge in [-0.05, 0) is 34.7 Å². The summed E-state index contributed by atoms with van der Waals surface area (Å²) in [6.07, 6.45) is 0. The Balaban J connectivity index is 2.37. The zero-order valence-electron chi connectivity index (χ0n) is 10.1. The first-order chi connectivity index (χ1) is 8.20. The summed E-state index contributed by atoms with van der Waals surface area (Å²) in [6.45, 7) is 4.37. The van der Waals surface area contributed by atoms with Crippen molar-refractivity contribution in [2.75, 3.05) is 0 Å². The lowest BCUT2D eigenvalue weighted by molar-refractivity contribution is 0.867. The van der Waals surface area contributed by atoms with Gasteiger partial charge in [-0.15, -0.1) is 0 Å². The minimum Gasteiger partial charge on any atom is -0.192 e. The fraction of sp³-hybridized carbons (Fsp3) is 0.188. The van der Waals surface area contributed by atoms with Crippen molar-refractivity contribution < 1.29 is 0 Å². The van der Waals surface area contributed by atoms with Gasteiger partial charge in [0.2, 0.25) is 0 Å². The van der Waals surface area contributed by atoms with E-state index < -0.39 is 0 Å². The van der Waals surface area contributed by atoms with Crippen molar-refractivity contribution in [1.29, 1.82) is 5.26 Å². The van der Waals surface area contributed by atoms with Crippen LogP contribution >= 0.6 is 0 Å². The highest BCUT2D eigenvalue weighted by molar-refractivity contribution is 5.65. The molecule has 0 saturated heterocycles. The third-order valence-corrected chi connectivity index (χ3v) is 2.90. The van der Waals surface area contributed by atoms with Gasteiger partial charge in [-0.25, -0.2) is 0 Å². The molecule has 0 heterocycles. The minimum atomic E-state index is 0.550. The van der Waals surface area contributed by atoms with E-state index in [4.69, 9.17) is 5.26 Å². The molecule has 0 unspecified atom stereocenters. The van der Waals surface area contributed by atoms with Gasteiger partial charge in [0.15, 0.2) is 0 Å². The predicted octanol–water partition coefficient (Wildman–Crippen LogP) is 4.35. The molecule has 0 spiro atoms. The van der Waals surface area contributed by atoms with Crippen LogP contribution in [0, 0.1) is 11.3 Å². The van der Waals surface area contributed by atoms with Gasteiger partial charge in [0.1, 0.15) is 0 Å². The molecule has 0 atom stereocenters. The van der Waals surface area contributed by atoms with Crippen LogP contribution in [0.5, 0.6) is 0 Å². The number of nitriles is 1. The molecule has 0 aliphatic rings. The molecule has 2 rings (SSSR count). The lowest BCUT2D eigenvalue weighted by Gasteiger charge is -2.07. The van der Waals surface area contributed by atoms with E-state index in [2.05, 4.69) is 44.2 Å². The van der Waals surface area contributed by atoms with Crippen molar-refractivity contribution in [1.82, 2.24) is 0 Å². The summed E-state index contributed by atoms with van der Waals surface area (Å²) >= 11 is 0. The van der Waals surface area contributed by atoms with Gasteiger partial charge in [-0.1, -0.05) is 50.2 Å². The second-order valence-electron chi connectivity index (χ2n) is 4.47. The van der Waals surface area contributed by atoms with E-state index in [-0.39, 0.29) is 0 Å². The van der Waals surface area contributed by atoms with Crippen LogP contribution in [0.3, 0.4) is 0 Å². The summed E-state index contributed by atoms with van der Waals surface area (Å²) in [5.41, 5.74) is 4.30. The third kappa shape index (κ3) is 2.54. The molecule has 0 radical (unpaired) electrons. The largest absolute Gasteiger partial charge is 0.192 e. The van der Waals surface area contributed by atoms with Gasteiger partial charge < -0.3 is 0 Å². The van der Waals surface area contributed by atoms with Crippen LogP contribution in [0.25, 0.3) is 11.1 Å². The van der Waals surface area contributed by atoms with Gasteiger partial charge in [-0.3, -0.25) is 0 Å². The summed E-state index contributed by atoms with van der Waals surface area (Å²) in [4.78, 5) is 0. The van der Waals surface area contributed by atoms with Crippen LogP contribution in [-0.4, -0.2) is 0 Å². The molecule has 17 heavy (non-hydrogen) atoms. The number of hydrogen-bond acceptors (Lipinski definition) is 1. The Hall–Kier alpha value is -2.07.